The van der Waals surface area contributed by atoms with Gasteiger partial charge >= 0.3 is 0 Å². The van der Waals surface area contributed by atoms with Crippen LogP contribution in [0.3, 0.4) is 0 Å². The molecule has 0 spiro atoms. The highest BCUT2D eigenvalue weighted by molar-refractivity contribution is 9.10. The molecule has 1 unspecified atom stereocenters. The molecule has 2 aromatic rings. The number of hydrogen-bond acceptors (Lipinski definition) is 1. The molecule has 2 rings (SSSR count). The average Bonchev–Trinajstić information content (AvgIpc) is 2.41. The third-order valence-electron chi connectivity index (χ3n) is 3.00. The lowest BCUT2D eigenvalue weighted by molar-refractivity contribution is 0.597. The van der Waals surface area contributed by atoms with Crippen molar-refractivity contribution in [2.24, 2.45) is 0 Å². The van der Waals surface area contributed by atoms with Crippen molar-refractivity contribution in [1.29, 1.82) is 0 Å². The number of nitrogens with one attached hydrogen (secondary N) is 1. The fourth-order valence-corrected chi connectivity index (χ4v) is 2.80. The standard InChI is InChI=1S/C16H17BrClN/c1-2-10-19-16(12-6-5-7-13(18)11-12)14-8-3-4-9-15(14)17/h3-9,11,16,19H,2,10H2,1H3. The molecular formula is C16H17BrClN. The van der Waals surface area contributed by atoms with Gasteiger partial charge < -0.3 is 5.32 Å². The molecule has 0 heterocycles. The Bertz CT molecular complexity index is 542. The van der Waals surface area contributed by atoms with Gasteiger partial charge in [0, 0.05) is 9.50 Å². The first kappa shape index (κ1) is 14.6. The van der Waals surface area contributed by atoms with Gasteiger partial charge in [-0.25, -0.2) is 0 Å². The molecule has 0 aromatic heterocycles. The molecule has 3 heteroatoms. The predicted molar refractivity (Wildman–Crippen MR) is 85.7 cm³/mol. The molecule has 1 nitrogen and oxygen atoms in total. The average molecular weight is 339 g/mol. The summed E-state index contributed by atoms with van der Waals surface area (Å²) in [6, 6.07) is 16.5. The molecule has 19 heavy (non-hydrogen) atoms. The zero-order valence-electron chi connectivity index (χ0n) is 10.9. The van der Waals surface area contributed by atoms with E-state index in [9.17, 15) is 0 Å². The molecule has 0 fully saturated rings. The minimum absolute atomic E-state index is 0.161. The summed E-state index contributed by atoms with van der Waals surface area (Å²) in [4.78, 5) is 0. The summed E-state index contributed by atoms with van der Waals surface area (Å²) < 4.78 is 1.11. The lowest BCUT2D eigenvalue weighted by atomic mass is 9.98. The van der Waals surface area contributed by atoms with E-state index < -0.39 is 0 Å². The minimum atomic E-state index is 0.161. The first-order valence-electron chi connectivity index (χ1n) is 6.45. The molecule has 1 atom stereocenters. The first-order chi connectivity index (χ1) is 9.22. The van der Waals surface area contributed by atoms with E-state index in [1.165, 1.54) is 11.1 Å². The van der Waals surface area contributed by atoms with Crippen LogP contribution < -0.4 is 5.32 Å². The van der Waals surface area contributed by atoms with E-state index >= 15 is 0 Å². The highest BCUT2D eigenvalue weighted by Crippen LogP contribution is 2.29. The SMILES string of the molecule is CCCNC(c1cccc(Cl)c1)c1ccccc1Br. The highest BCUT2D eigenvalue weighted by atomic mass is 79.9. The summed E-state index contributed by atoms with van der Waals surface area (Å²) in [6.45, 7) is 3.14. The Morgan fingerprint density at radius 2 is 1.95 bits per heavy atom. The van der Waals surface area contributed by atoms with Crippen molar-refractivity contribution >= 4 is 27.5 Å². The van der Waals surface area contributed by atoms with Crippen molar-refractivity contribution in [2.75, 3.05) is 6.54 Å². The smallest absolute Gasteiger partial charge is 0.0588 e. The molecule has 100 valence electrons. The van der Waals surface area contributed by atoms with Crippen molar-refractivity contribution in [3.63, 3.8) is 0 Å². The Labute approximate surface area is 128 Å². The highest BCUT2D eigenvalue weighted by Gasteiger charge is 2.15. The third kappa shape index (κ3) is 3.82. The van der Waals surface area contributed by atoms with Crippen LogP contribution >= 0.6 is 27.5 Å². The maximum Gasteiger partial charge on any atom is 0.0588 e. The zero-order valence-corrected chi connectivity index (χ0v) is 13.2. The summed E-state index contributed by atoms with van der Waals surface area (Å²) in [5.41, 5.74) is 2.42. The van der Waals surface area contributed by atoms with Gasteiger partial charge in [-0.05, 0) is 42.3 Å². The molecule has 2 aromatic carbocycles. The lowest BCUT2D eigenvalue weighted by Gasteiger charge is -2.21. The second-order valence-electron chi connectivity index (χ2n) is 4.46. The van der Waals surface area contributed by atoms with Crippen molar-refractivity contribution in [3.8, 4) is 0 Å². The van der Waals surface area contributed by atoms with Gasteiger partial charge in [-0.2, -0.15) is 0 Å². The molecule has 0 aliphatic heterocycles. The van der Waals surface area contributed by atoms with E-state index in [0.717, 1.165) is 22.5 Å². The van der Waals surface area contributed by atoms with Gasteiger partial charge in [0.05, 0.1) is 6.04 Å². The second kappa shape index (κ2) is 7.09. The van der Waals surface area contributed by atoms with Gasteiger partial charge in [0.1, 0.15) is 0 Å². The van der Waals surface area contributed by atoms with Gasteiger partial charge in [-0.3, -0.25) is 0 Å². The van der Waals surface area contributed by atoms with Crippen LogP contribution in [-0.4, -0.2) is 6.54 Å². The van der Waals surface area contributed by atoms with Crippen LogP contribution in [0.1, 0.15) is 30.5 Å². The van der Waals surface area contributed by atoms with Crippen LogP contribution in [0.25, 0.3) is 0 Å². The van der Waals surface area contributed by atoms with E-state index in [1.54, 1.807) is 0 Å². The van der Waals surface area contributed by atoms with Gasteiger partial charge in [-0.15, -0.1) is 0 Å². The molecule has 0 aliphatic carbocycles. The van der Waals surface area contributed by atoms with Gasteiger partial charge in [-0.1, -0.05) is 64.8 Å². The maximum absolute atomic E-state index is 6.11. The van der Waals surface area contributed by atoms with Gasteiger partial charge in [0.15, 0.2) is 0 Å². The van der Waals surface area contributed by atoms with Crippen molar-refractivity contribution in [3.05, 3.63) is 69.2 Å². The van der Waals surface area contributed by atoms with Crippen LogP contribution in [-0.2, 0) is 0 Å². The van der Waals surface area contributed by atoms with Crippen LogP contribution in [0.2, 0.25) is 5.02 Å². The molecule has 0 saturated carbocycles. The predicted octanol–water partition coefficient (Wildman–Crippen LogP) is 5.19. The Kier molecular flexibility index (Phi) is 5.44. The normalized spacial score (nSPS) is 12.4. The molecule has 0 amide bonds. The summed E-state index contributed by atoms with van der Waals surface area (Å²) in [5.74, 6) is 0. The summed E-state index contributed by atoms with van der Waals surface area (Å²) in [7, 11) is 0. The van der Waals surface area contributed by atoms with E-state index in [0.29, 0.717) is 0 Å². The largest absolute Gasteiger partial charge is 0.306 e. The van der Waals surface area contributed by atoms with Crippen LogP contribution in [0.15, 0.2) is 53.0 Å². The molecule has 0 radical (unpaired) electrons. The van der Waals surface area contributed by atoms with Crippen LogP contribution in [0.4, 0.5) is 0 Å². The topological polar surface area (TPSA) is 12.0 Å². The molecule has 0 aliphatic rings. The summed E-state index contributed by atoms with van der Waals surface area (Å²) >= 11 is 9.74. The molecule has 0 saturated heterocycles. The maximum atomic E-state index is 6.11. The molecular weight excluding hydrogens is 322 g/mol. The van der Waals surface area contributed by atoms with Gasteiger partial charge in [0.25, 0.3) is 0 Å². The van der Waals surface area contributed by atoms with E-state index in [2.05, 4.69) is 52.4 Å². The van der Waals surface area contributed by atoms with Crippen LogP contribution in [0, 0.1) is 0 Å². The lowest BCUT2D eigenvalue weighted by Crippen LogP contribution is -2.23. The van der Waals surface area contributed by atoms with Crippen molar-refractivity contribution in [2.45, 2.75) is 19.4 Å². The number of hydrogen-bond donors (Lipinski definition) is 1. The number of halogens is 2. The van der Waals surface area contributed by atoms with Crippen molar-refractivity contribution < 1.29 is 0 Å². The second-order valence-corrected chi connectivity index (χ2v) is 5.75. The monoisotopic (exact) mass is 337 g/mol. The van der Waals surface area contributed by atoms with E-state index in [-0.39, 0.29) is 6.04 Å². The quantitative estimate of drug-likeness (QED) is 0.791. The Hall–Kier alpha value is -0.830. The zero-order chi connectivity index (χ0) is 13.7. The summed E-state index contributed by atoms with van der Waals surface area (Å²) in [6.07, 6.45) is 1.10. The van der Waals surface area contributed by atoms with E-state index in [1.807, 2.05) is 24.3 Å². The van der Waals surface area contributed by atoms with Crippen LogP contribution in [0.5, 0.6) is 0 Å². The summed E-state index contributed by atoms with van der Waals surface area (Å²) in [5, 5.41) is 4.35. The fourth-order valence-electron chi connectivity index (χ4n) is 2.09. The molecule has 1 N–H and O–H groups in total. The third-order valence-corrected chi connectivity index (χ3v) is 3.95. The minimum Gasteiger partial charge on any atom is -0.306 e. The number of benzene rings is 2. The Balaban J connectivity index is 2.38. The fraction of sp³-hybridized carbons (Fsp3) is 0.250. The number of rotatable bonds is 5. The molecule has 0 bridgehead atoms. The Morgan fingerprint density at radius 1 is 1.16 bits per heavy atom. The Morgan fingerprint density at radius 3 is 2.63 bits per heavy atom. The van der Waals surface area contributed by atoms with Crippen molar-refractivity contribution in [1.82, 2.24) is 5.32 Å². The van der Waals surface area contributed by atoms with E-state index in [4.69, 9.17) is 11.6 Å². The van der Waals surface area contributed by atoms with Gasteiger partial charge in [0.2, 0.25) is 0 Å². The first-order valence-corrected chi connectivity index (χ1v) is 7.62.